The predicted octanol–water partition coefficient (Wildman–Crippen LogP) is 0.440. The maximum Gasteiger partial charge on any atom is 0.316 e. The van der Waals surface area contributed by atoms with E-state index < -0.39 is 5.56 Å². The number of nitrogens with zero attached hydrogens (tertiary/aromatic N) is 2. The van der Waals surface area contributed by atoms with Gasteiger partial charge in [-0.25, -0.2) is 0 Å². The quantitative estimate of drug-likeness (QED) is 0.655. The van der Waals surface area contributed by atoms with Crippen LogP contribution in [0.3, 0.4) is 0 Å². The molecule has 0 aliphatic heterocycles. The zero-order valence-electron chi connectivity index (χ0n) is 8.27. The molecule has 1 aromatic heterocycles. The monoisotopic (exact) mass is 194 g/mol. The van der Waals surface area contributed by atoms with E-state index >= 15 is 0 Å². The normalized spacial score (nSPS) is 15.8. The van der Waals surface area contributed by atoms with Crippen LogP contribution < -0.4 is 11.1 Å². The van der Waals surface area contributed by atoms with Gasteiger partial charge in [-0.15, -0.1) is 0 Å². The molecule has 0 unspecified atom stereocenters. The molecule has 76 valence electrons. The molecule has 0 amide bonds. The summed E-state index contributed by atoms with van der Waals surface area (Å²) in [6, 6.07) is 0. The molecule has 1 aliphatic carbocycles. The highest BCUT2D eigenvalue weighted by Gasteiger charge is 2.22. The lowest BCUT2D eigenvalue weighted by atomic mass is 10.4. The second kappa shape index (κ2) is 3.44. The highest BCUT2D eigenvalue weighted by atomic mass is 16.2. The number of aromatic nitrogens is 2. The third kappa shape index (κ3) is 1.64. The fourth-order valence-corrected chi connectivity index (χ4v) is 1.51. The fraction of sp³-hybridized carbons (Fsp3) is 0.600. The van der Waals surface area contributed by atoms with E-state index in [1.165, 1.54) is 22.0 Å². The highest BCUT2D eigenvalue weighted by Crippen LogP contribution is 2.29. The summed E-state index contributed by atoms with van der Waals surface area (Å²) < 4.78 is 2.97. The van der Waals surface area contributed by atoms with Gasteiger partial charge in [0.15, 0.2) is 0 Å². The summed E-state index contributed by atoms with van der Waals surface area (Å²) in [5.74, 6) is 0.615. The van der Waals surface area contributed by atoms with E-state index in [4.69, 9.17) is 0 Å². The lowest BCUT2D eigenvalue weighted by Gasteiger charge is -2.05. The van der Waals surface area contributed by atoms with E-state index in [2.05, 4.69) is 0 Å². The van der Waals surface area contributed by atoms with Crippen LogP contribution >= 0.6 is 0 Å². The van der Waals surface area contributed by atoms with Crippen LogP contribution in [0.2, 0.25) is 0 Å². The molecule has 1 aromatic rings. The Morgan fingerprint density at radius 3 is 2.36 bits per heavy atom. The molecular formula is C10H14N2O2. The lowest BCUT2D eigenvalue weighted by molar-refractivity contribution is 0.575. The molecule has 2 rings (SSSR count). The van der Waals surface area contributed by atoms with E-state index in [1.54, 1.807) is 12.4 Å². The zero-order valence-corrected chi connectivity index (χ0v) is 8.27. The van der Waals surface area contributed by atoms with Gasteiger partial charge < -0.3 is 9.13 Å². The van der Waals surface area contributed by atoms with Gasteiger partial charge >= 0.3 is 11.1 Å². The molecule has 0 bridgehead atoms. The van der Waals surface area contributed by atoms with Crippen molar-refractivity contribution in [2.75, 3.05) is 0 Å². The van der Waals surface area contributed by atoms with Crippen molar-refractivity contribution in [1.29, 1.82) is 0 Å². The molecule has 1 aliphatic rings. The number of rotatable bonds is 3. The van der Waals surface area contributed by atoms with Gasteiger partial charge in [-0.1, -0.05) is 0 Å². The van der Waals surface area contributed by atoms with Gasteiger partial charge in [0.2, 0.25) is 0 Å². The minimum Gasteiger partial charge on any atom is -0.310 e. The van der Waals surface area contributed by atoms with Crippen LogP contribution in [-0.4, -0.2) is 9.13 Å². The Morgan fingerprint density at radius 2 is 1.79 bits per heavy atom. The van der Waals surface area contributed by atoms with Crippen molar-refractivity contribution in [3.05, 3.63) is 33.1 Å². The van der Waals surface area contributed by atoms with Crippen LogP contribution in [0.4, 0.5) is 0 Å². The molecular weight excluding hydrogens is 180 g/mol. The maximum absolute atomic E-state index is 11.5. The first-order valence-electron chi connectivity index (χ1n) is 5.02. The van der Waals surface area contributed by atoms with Crippen molar-refractivity contribution in [3.63, 3.8) is 0 Å². The Kier molecular flexibility index (Phi) is 2.27. The van der Waals surface area contributed by atoms with Gasteiger partial charge in [0, 0.05) is 25.5 Å². The van der Waals surface area contributed by atoms with Crippen molar-refractivity contribution >= 4 is 0 Å². The molecule has 4 heteroatoms. The molecule has 1 fully saturated rings. The van der Waals surface area contributed by atoms with E-state index in [9.17, 15) is 9.59 Å². The van der Waals surface area contributed by atoms with Crippen molar-refractivity contribution in [1.82, 2.24) is 9.13 Å². The first-order chi connectivity index (χ1) is 6.72. The molecule has 0 radical (unpaired) electrons. The third-order valence-corrected chi connectivity index (χ3v) is 2.62. The molecule has 0 aromatic carbocycles. The predicted molar refractivity (Wildman–Crippen MR) is 53.4 cm³/mol. The minimum absolute atomic E-state index is 0.388. The van der Waals surface area contributed by atoms with Gasteiger partial charge in [-0.3, -0.25) is 9.59 Å². The summed E-state index contributed by atoms with van der Waals surface area (Å²) in [5, 5.41) is 0. The van der Waals surface area contributed by atoms with Crippen molar-refractivity contribution in [3.8, 4) is 0 Å². The zero-order chi connectivity index (χ0) is 10.1. The summed E-state index contributed by atoms with van der Waals surface area (Å²) in [7, 11) is 0. The number of aryl methyl sites for hydroxylation is 1. The van der Waals surface area contributed by atoms with Gasteiger partial charge in [-0.2, -0.15) is 0 Å². The van der Waals surface area contributed by atoms with Crippen molar-refractivity contribution in [2.45, 2.75) is 32.9 Å². The van der Waals surface area contributed by atoms with Gasteiger partial charge in [0.1, 0.15) is 0 Å². The SMILES string of the molecule is CCn1ccn(CC2CC2)c(=O)c1=O. The largest absolute Gasteiger partial charge is 0.316 e. The Morgan fingerprint density at radius 1 is 1.21 bits per heavy atom. The van der Waals surface area contributed by atoms with Gasteiger partial charge in [-0.05, 0) is 25.7 Å². The maximum atomic E-state index is 11.5. The summed E-state index contributed by atoms with van der Waals surface area (Å²) in [5.41, 5.74) is -0.795. The van der Waals surface area contributed by atoms with E-state index in [0.717, 1.165) is 0 Å². The van der Waals surface area contributed by atoms with Crippen LogP contribution in [0.5, 0.6) is 0 Å². The molecule has 1 saturated carbocycles. The summed E-state index contributed by atoms with van der Waals surface area (Å²) in [4.78, 5) is 23.0. The van der Waals surface area contributed by atoms with E-state index in [1.807, 2.05) is 6.92 Å². The van der Waals surface area contributed by atoms with Gasteiger partial charge in [0.25, 0.3) is 0 Å². The summed E-state index contributed by atoms with van der Waals surface area (Å²) in [6.45, 7) is 3.11. The van der Waals surface area contributed by atoms with E-state index in [-0.39, 0.29) is 5.56 Å². The number of hydrogen-bond acceptors (Lipinski definition) is 2. The first-order valence-corrected chi connectivity index (χ1v) is 5.02. The molecule has 14 heavy (non-hydrogen) atoms. The summed E-state index contributed by atoms with van der Waals surface area (Å²) in [6.07, 6.45) is 5.77. The smallest absolute Gasteiger partial charge is 0.310 e. The topological polar surface area (TPSA) is 44.0 Å². The molecule has 0 saturated heterocycles. The van der Waals surface area contributed by atoms with Crippen LogP contribution in [0.25, 0.3) is 0 Å². The summed E-state index contributed by atoms with van der Waals surface area (Å²) >= 11 is 0. The van der Waals surface area contributed by atoms with Gasteiger partial charge in [0.05, 0.1) is 0 Å². The first kappa shape index (κ1) is 9.24. The minimum atomic E-state index is -0.407. The second-order valence-corrected chi connectivity index (χ2v) is 3.79. The van der Waals surface area contributed by atoms with Crippen LogP contribution in [0, 0.1) is 5.92 Å². The lowest BCUT2D eigenvalue weighted by Crippen LogP contribution is -2.40. The highest BCUT2D eigenvalue weighted by molar-refractivity contribution is 4.87. The molecule has 0 spiro atoms. The second-order valence-electron chi connectivity index (χ2n) is 3.79. The van der Waals surface area contributed by atoms with Crippen molar-refractivity contribution < 1.29 is 0 Å². The molecule has 0 atom stereocenters. The Hall–Kier alpha value is -1.32. The number of hydrogen-bond donors (Lipinski definition) is 0. The fourth-order valence-electron chi connectivity index (χ4n) is 1.51. The average molecular weight is 194 g/mol. The Bertz CT molecular complexity index is 440. The molecule has 1 heterocycles. The van der Waals surface area contributed by atoms with Crippen LogP contribution in [0.1, 0.15) is 19.8 Å². The van der Waals surface area contributed by atoms with Crippen LogP contribution in [-0.2, 0) is 13.1 Å². The Labute approximate surface area is 81.8 Å². The van der Waals surface area contributed by atoms with Crippen LogP contribution in [0.15, 0.2) is 22.0 Å². The molecule has 4 nitrogen and oxygen atoms in total. The average Bonchev–Trinajstić information content (AvgIpc) is 2.97. The molecule has 0 N–H and O–H groups in total. The standard InChI is InChI=1S/C10H14N2O2/c1-2-11-5-6-12(7-8-3-4-8)10(14)9(11)13/h5-6,8H,2-4,7H2,1H3. The van der Waals surface area contributed by atoms with Crippen molar-refractivity contribution in [2.24, 2.45) is 5.92 Å². The third-order valence-electron chi connectivity index (χ3n) is 2.62. The van der Waals surface area contributed by atoms with E-state index in [0.29, 0.717) is 19.0 Å². The Balaban J connectivity index is 2.38.